The fraction of sp³-hybridized carbons (Fsp3) is 0.833. The summed E-state index contributed by atoms with van der Waals surface area (Å²) in [5.41, 5.74) is 5.12. The second-order valence-corrected chi connectivity index (χ2v) is 5.93. The summed E-state index contributed by atoms with van der Waals surface area (Å²) in [5.74, 6) is 0.675. The lowest BCUT2D eigenvalue weighted by Crippen LogP contribution is -2.47. The molecule has 2 aliphatic carbocycles. The van der Waals surface area contributed by atoms with E-state index in [-0.39, 0.29) is 18.1 Å². The Balaban J connectivity index is 1.63. The van der Waals surface area contributed by atoms with Crippen molar-refractivity contribution in [3.8, 4) is 0 Å². The number of ether oxygens (including phenoxy) is 1. The zero-order valence-corrected chi connectivity index (χ0v) is 10.6. The molecule has 2 unspecified atom stereocenters. The van der Waals surface area contributed by atoms with E-state index in [1.54, 1.807) is 0 Å². The van der Waals surface area contributed by atoms with Gasteiger partial charge in [0.25, 0.3) is 0 Å². The van der Waals surface area contributed by atoms with Crippen LogP contribution >= 0.6 is 12.2 Å². The molecule has 17 heavy (non-hydrogen) atoms. The number of thiocarbonyl (C=S) groups is 1. The molecular weight excluding hydrogens is 236 g/mol. The molecule has 4 nitrogen and oxygen atoms in total. The monoisotopic (exact) mass is 254 g/mol. The number of rotatable bonds is 4. The van der Waals surface area contributed by atoms with Gasteiger partial charge >= 0.3 is 0 Å². The molecule has 0 radical (unpaired) electrons. The molecule has 2 saturated carbocycles. The average molecular weight is 254 g/mol. The predicted molar refractivity (Wildman–Crippen MR) is 67.5 cm³/mol. The predicted octanol–water partition coefficient (Wildman–Crippen LogP) is 0.736. The van der Waals surface area contributed by atoms with Gasteiger partial charge in [-0.25, -0.2) is 0 Å². The molecule has 3 N–H and O–H groups in total. The smallest absolute Gasteiger partial charge is 0.233 e. The minimum Gasteiger partial charge on any atom is -0.392 e. The van der Waals surface area contributed by atoms with Crippen molar-refractivity contribution in [2.45, 2.75) is 44.2 Å². The first kappa shape index (κ1) is 11.4. The first-order chi connectivity index (χ1) is 8.13. The van der Waals surface area contributed by atoms with E-state index >= 15 is 0 Å². The number of hydrogen-bond donors (Lipinski definition) is 2. The minimum atomic E-state index is -0.536. The van der Waals surface area contributed by atoms with Gasteiger partial charge in [0, 0.05) is 6.61 Å². The molecule has 3 rings (SSSR count). The van der Waals surface area contributed by atoms with Gasteiger partial charge in [0.2, 0.25) is 5.91 Å². The standard InChI is InChI=1S/C12H18N2O2S/c13-10(17)12(4-5-12)11(15)14-8-3-6-16-9(8)7-1-2-7/h7-9H,1-6H2,(H2,13,17)(H,14,15). The normalized spacial score (nSPS) is 34.4. The molecular formula is C12H18N2O2S. The first-order valence-corrected chi connectivity index (χ1v) is 6.77. The van der Waals surface area contributed by atoms with E-state index in [4.69, 9.17) is 22.7 Å². The fourth-order valence-corrected chi connectivity index (χ4v) is 2.97. The van der Waals surface area contributed by atoms with Gasteiger partial charge in [-0.05, 0) is 38.0 Å². The molecule has 3 aliphatic rings. The molecule has 94 valence electrons. The quantitative estimate of drug-likeness (QED) is 0.726. The summed E-state index contributed by atoms with van der Waals surface area (Å²) in [6.07, 6.45) is 5.21. The van der Waals surface area contributed by atoms with Crippen LogP contribution in [0, 0.1) is 11.3 Å². The van der Waals surface area contributed by atoms with Crippen LogP contribution in [0.25, 0.3) is 0 Å². The van der Waals surface area contributed by atoms with Gasteiger partial charge in [0.05, 0.1) is 22.5 Å². The Morgan fingerprint density at radius 2 is 2.06 bits per heavy atom. The Labute approximate surface area is 106 Å². The first-order valence-electron chi connectivity index (χ1n) is 6.36. The minimum absolute atomic E-state index is 0.0196. The molecule has 2 atom stereocenters. The van der Waals surface area contributed by atoms with E-state index in [1.165, 1.54) is 12.8 Å². The van der Waals surface area contributed by atoms with E-state index in [0.717, 1.165) is 25.9 Å². The fourth-order valence-electron chi connectivity index (χ4n) is 2.67. The summed E-state index contributed by atoms with van der Waals surface area (Å²) in [4.78, 5) is 12.5. The second kappa shape index (κ2) is 3.92. The molecule has 1 aliphatic heterocycles. The van der Waals surface area contributed by atoms with Gasteiger partial charge < -0.3 is 15.8 Å². The largest absolute Gasteiger partial charge is 0.392 e. The SMILES string of the molecule is NC(=S)C1(C(=O)NC2CCOC2C2CC2)CC1. The summed E-state index contributed by atoms with van der Waals surface area (Å²) in [6, 6.07) is 0.168. The highest BCUT2D eigenvalue weighted by atomic mass is 32.1. The number of amides is 1. The van der Waals surface area contributed by atoms with Crippen molar-refractivity contribution in [3.63, 3.8) is 0 Å². The van der Waals surface area contributed by atoms with E-state index < -0.39 is 5.41 Å². The Bertz CT molecular complexity index is 364. The lowest BCUT2D eigenvalue weighted by atomic mass is 10.0. The van der Waals surface area contributed by atoms with Crippen LogP contribution in [-0.2, 0) is 9.53 Å². The second-order valence-electron chi connectivity index (χ2n) is 5.49. The van der Waals surface area contributed by atoms with E-state index in [2.05, 4.69) is 5.32 Å². The third-order valence-corrected chi connectivity index (χ3v) is 4.59. The number of hydrogen-bond acceptors (Lipinski definition) is 3. The Kier molecular flexibility index (Phi) is 2.63. The lowest BCUT2D eigenvalue weighted by molar-refractivity contribution is -0.125. The van der Waals surface area contributed by atoms with E-state index in [1.807, 2.05) is 0 Å². The number of nitrogens with two attached hydrogens (primary N) is 1. The average Bonchev–Trinajstić information content (AvgIpc) is 3.19. The molecule has 1 amide bonds. The van der Waals surface area contributed by atoms with Crippen LogP contribution in [0.5, 0.6) is 0 Å². The van der Waals surface area contributed by atoms with Crippen molar-refractivity contribution in [1.82, 2.24) is 5.32 Å². The molecule has 0 spiro atoms. The highest BCUT2D eigenvalue weighted by molar-refractivity contribution is 7.80. The van der Waals surface area contributed by atoms with Gasteiger partial charge in [-0.2, -0.15) is 0 Å². The third kappa shape index (κ3) is 1.95. The summed E-state index contributed by atoms with van der Waals surface area (Å²) in [6.45, 7) is 0.756. The van der Waals surface area contributed by atoms with Crippen LogP contribution in [0.4, 0.5) is 0 Å². The summed E-state index contributed by atoms with van der Waals surface area (Å²) in [5, 5.41) is 3.10. The van der Waals surface area contributed by atoms with Crippen LogP contribution in [0.2, 0.25) is 0 Å². The maximum absolute atomic E-state index is 12.2. The molecule has 1 saturated heterocycles. The van der Waals surface area contributed by atoms with Gasteiger partial charge in [-0.1, -0.05) is 12.2 Å². The molecule has 0 aromatic rings. The van der Waals surface area contributed by atoms with Gasteiger partial charge in [0.15, 0.2) is 0 Å². The number of carbonyl (C=O) groups is 1. The molecule has 5 heteroatoms. The maximum Gasteiger partial charge on any atom is 0.233 e. The zero-order chi connectivity index (χ0) is 12.0. The van der Waals surface area contributed by atoms with Gasteiger partial charge in [0.1, 0.15) is 0 Å². The molecule has 0 aromatic heterocycles. The summed E-state index contributed by atoms with van der Waals surface area (Å²) < 4.78 is 5.71. The van der Waals surface area contributed by atoms with Crippen LogP contribution in [0.15, 0.2) is 0 Å². The van der Waals surface area contributed by atoms with Crippen LogP contribution in [0.3, 0.4) is 0 Å². The third-order valence-electron chi connectivity index (χ3n) is 4.20. The van der Waals surface area contributed by atoms with Crippen molar-refractivity contribution in [2.75, 3.05) is 6.61 Å². The van der Waals surface area contributed by atoms with Crippen molar-refractivity contribution < 1.29 is 9.53 Å². The Morgan fingerprint density at radius 3 is 2.59 bits per heavy atom. The number of nitrogens with one attached hydrogen (secondary N) is 1. The van der Waals surface area contributed by atoms with Crippen molar-refractivity contribution in [1.29, 1.82) is 0 Å². The molecule has 0 bridgehead atoms. The lowest BCUT2D eigenvalue weighted by Gasteiger charge is -2.22. The van der Waals surface area contributed by atoms with Crippen molar-refractivity contribution in [3.05, 3.63) is 0 Å². The Morgan fingerprint density at radius 1 is 1.35 bits per heavy atom. The zero-order valence-electron chi connectivity index (χ0n) is 9.78. The highest BCUT2D eigenvalue weighted by Crippen LogP contribution is 2.47. The highest BCUT2D eigenvalue weighted by Gasteiger charge is 2.54. The summed E-state index contributed by atoms with van der Waals surface area (Å²) >= 11 is 4.99. The maximum atomic E-state index is 12.2. The van der Waals surface area contributed by atoms with Gasteiger partial charge in [-0.15, -0.1) is 0 Å². The Hall–Kier alpha value is -0.680. The van der Waals surface area contributed by atoms with E-state index in [9.17, 15) is 4.79 Å². The van der Waals surface area contributed by atoms with Crippen molar-refractivity contribution in [2.24, 2.45) is 17.1 Å². The molecule has 0 aromatic carbocycles. The van der Waals surface area contributed by atoms with Crippen LogP contribution < -0.4 is 11.1 Å². The van der Waals surface area contributed by atoms with E-state index in [0.29, 0.717) is 10.9 Å². The molecule has 1 heterocycles. The topological polar surface area (TPSA) is 64.4 Å². The van der Waals surface area contributed by atoms with Crippen molar-refractivity contribution >= 4 is 23.1 Å². The number of carbonyl (C=O) groups excluding carboxylic acids is 1. The molecule has 3 fully saturated rings. The summed E-state index contributed by atoms with van der Waals surface area (Å²) in [7, 11) is 0. The van der Waals surface area contributed by atoms with Crippen LogP contribution in [-0.4, -0.2) is 29.6 Å². The van der Waals surface area contributed by atoms with Crippen LogP contribution in [0.1, 0.15) is 32.1 Å². The van der Waals surface area contributed by atoms with Gasteiger partial charge in [-0.3, -0.25) is 4.79 Å².